The minimum atomic E-state index is -0.151. The third-order valence-corrected chi connectivity index (χ3v) is 3.67. The molecule has 1 amide bonds. The molecule has 2 aromatic rings. The molecule has 0 saturated carbocycles. The first-order chi connectivity index (χ1) is 9.51. The number of halogens is 1. The van der Waals surface area contributed by atoms with Crippen LogP contribution >= 0.6 is 15.9 Å². The Morgan fingerprint density at radius 1 is 1.15 bits per heavy atom. The van der Waals surface area contributed by atoms with Gasteiger partial charge in [0.2, 0.25) is 0 Å². The summed E-state index contributed by atoms with van der Waals surface area (Å²) in [6, 6.07) is 11.1. The quantitative estimate of drug-likeness (QED) is 0.897. The van der Waals surface area contributed by atoms with Crippen molar-refractivity contribution in [1.29, 1.82) is 0 Å². The molecule has 104 valence electrons. The number of amides is 1. The molecule has 20 heavy (non-hydrogen) atoms. The van der Waals surface area contributed by atoms with Crippen molar-refractivity contribution in [2.45, 2.75) is 20.5 Å². The Morgan fingerprint density at radius 3 is 2.55 bits per heavy atom. The summed E-state index contributed by atoms with van der Waals surface area (Å²) in [5.74, 6) is -0.151. The van der Waals surface area contributed by atoms with E-state index in [2.05, 4.69) is 21.2 Å². The van der Waals surface area contributed by atoms with Gasteiger partial charge in [0.1, 0.15) is 0 Å². The van der Waals surface area contributed by atoms with Gasteiger partial charge in [-0.1, -0.05) is 34.1 Å². The van der Waals surface area contributed by atoms with Gasteiger partial charge in [-0.05, 0) is 48.7 Å². The lowest BCUT2D eigenvalue weighted by Crippen LogP contribution is -2.14. The number of hydrogen-bond acceptors (Lipinski definition) is 2. The maximum atomic E-state index is 12.3. The van der Waals surface area contributed by atoms with E-state index in [-0.39, 0.29) is 12.5 Å². The highest BCUT2D eigenvalue weighted by Gasteiger charge is 2.11. The molecule has 0 spiro atoms. The Hall–Kier alpha value is -1.65. The molecule has 0 saturated heterocycles. The lowest BCUT2D eigenvalue weighted by atomic mass is 10.1. The highest BCUT2D eigenvalue weighted by atomic mass is 79.9. The third-order valence-electron chi connectivity index (χ3n) is 3.18. The van der Waals surface area contributed by atoms with Gasteiger partial charge in [0.25, 0.3) is 5.91 Å². The number of rotatable bonds is 3. The van der Waals surface area contributed by atoms with E-state index in [1.807, 2.05) is 38.1 Å². The van der Waals surface area contributed by atoms with Gasteiger partial charge >= 0.3 is 0 Å². The van der Waals surface area contributed by atoms with Crippen LogP contribution in [0.5, 0.6) is 0 Å². The number of aliphatic hydroxyl groups is 1. The largest absolute Gasteiger partial charge is 0.392 e. The number of anilines is 1. The monoisotopic (exact) mass is 333 g/mol. The van der Waals surface area contributed by atoms with E-state index in [0.717, 1.165) is 26.9 Å². The van der Waals surface area contributed by atoms with E-state index in [9.17, 15) is 4.79 Å². The molecule has 2 N–H and O–H groups in total. The molecule has 4 heteroatoms. The minimum Gasteiger partial charge on any atom is -0.392 e. The van der Waals surface area contributed by atoms with Crippen LogP contribution in [0, 0.1) is 13.8 Å². The summed E-state index contributed by atoms with van der Waals surface area (Å²) in [4.78, 5) is 12.3. The number of aliphatic hydroxyl groups excluding tert-OH is 1. The van der Waals surface area contributed by atoms with Crippen LogP contribution in [-0.2, 0) is 6.61 Å². The van der Waals surface area contributed by atoms with Crippen molar-refractivity contribution < 1.29 is 9.90 Å². The first-order valence-corrected chi connectivity index (χ1v) is 7.08. The Bertz CT molecular complexity index is 653. The molecule has 0 aromatic heterocycles. The summed E-state index contributed by atoms with van der Waals surface area (Å²) in [6.07, 6.45) is 0. The van der Waals surface area contributed by atoms with Crippen molar-refractivity contribution in [3.8, 4) is 0 Å². The average Bonchev–Trinajstić information content (AvgIpc) is 2.43. The second kappa shape index (κ2) is 6.20. The molecule has 0 aliphatic heterocycles. The first kappa shape index (κ1) is 14.8. The smallest absolute Gasteiger partial charge is 0.255 e. The molecular weight excluding hydrogens is 318 g/mol. The zero-order valence-corrected chi connectivity index (χ0v) is 13.0. The predicted octanol–water partition coefficient (Wildman–Crippen LogP) is 3.81. The zero-order chi connectivity index (χ0) is 14.7. The van der Waals surface area contributed by atoms with Crippen molar-refractivity contribution in [2.24, 2.45) is 0 Å². The Labute approximate surface area is 126 Å². The molecule has 0 aliphatic carbocycles. The highest BCUT2D eigenvalue weighted by Crippen LogP contribution is 2.21. The van der Waals surface area contributed by atoms with Crippen LogP contribution in [0.15, 0.2) is 40.9 Å². The second-order valence-corrected chi connectivity index (χ2v) is 5.64. The fourth-order valence-electron chi connectivity index (χ4n) is 1.93. The van der Waals surface area contributed by atoms with Crippen LogP contribution in [0.1, 0.15) is 27.0 Å². The van der Waals surface area contributed by atoms with E-state index in [4.69, 9.17) is 5.11 Å². The normalized spacial score (nSPS) is 10.4. The predicted molar refractivity (Wildman–Crippen MR) is 83.9 cm³/mol. The van der Waals surface area contributed by atoms with Gasteiger partial charge in [-0.3, -0.25) is 4.79 Å². The SMILES string of the molecule is Cc1ccc(CO)cc1NC(=O)c1cc(Br)ccc1C. The van der Waals surface area contributed by atoms with Crippen molar-refractivity contribution in [1.82, 2.24) is 0 Å². The number of carbonyl (C=O) groups excluding carboxylic acids is 1. The molecular formula is C16H16BrNO2. The summed E-state index contributed by atoms with van der Waals surface area (Å²) in [6.45, 7) is 3.78. The fourth-order valence-corrected chi connectivity index (χ4v) is 2.29. The van der Waals surface area contributed by atoms with Crippen LogP contribution in [-0.4, -0.2) is 11.0 Å². The lowest BCUT2D eigenvalue weighted by Gasteiger charge is -2.11. The number of carbonyl (C=O) groups is 1. The summed E-state index contributed by atoms with van der Waals surface area (Å²) in [5, 5.41) is 12.1. The molecule has 0 unspecified atom stereocenters. The van der Waals surface area contributed by atoms with Gasteiger partial charge in [-0.15, -0.1) is 0 Å². The Balaban J connectivity index is 2.30. The Kier molecular flexibility index (Phi) is 4.57. The summed E-state index contributed by atoms with van der Waals surface area (Å²) < 4.78 is 0.870. The van der Waals surface area contributed by atoms with E-state index in [1.165, 1.54) is 0 Å². The van der Waals surface area contributed by atoms with Crippen molar-refractivity contribution in [2.75, 3.05) is 5.32 Å². The van der Waals surface area contributed by atoms with Crippen LogP contribution in [0.2, 0.25) is 0 Å². The summed E-state index contributed by atoms with van der Waals surface area (Å²) in [7, 11) is 0. The van der Waals surface area contributed by atoms with Crippen LogP contribution in [0.25, 0.3) is 0 Å². The maximum Gasteiger partial charge on any atom is 0.255 e. The van der Waals surface area contributed by atoms with Gasteiger partial charge < -0.3 is 10.4 Å². The molecule has 2 rings (SSSR count). The van der Waals surface area contributed by atoms with Crippen LogP contribution < -0.4 is 5.32 Å². The zero-order valence-electron chi connectivity index (χ0n) is 11.4. The Morgan fingerprint density at radius 2 is 1.85 bits per heavy atom. The van der Waals surface area contributed by atoms with Gasteiger partial charge in [-0.2, -0.15) is 0 Å². The van der Waals surface area contributed by atoms with Gasteiger partial charge in [0.05, 0.1) is 6.61 Å². The third kappa shape index (κ3) is 3.26. The average molecular weight is 334 g/mol. The molecule has 0 fully saturated rings. The number of hydrogen-bond donors (Lipinski definition) is 2. The van der Waals surface area contributed by atoms with Crippen LogP contribution in [0.4, 0.5) is 5.69 Å². The van der Waals surface area contributed by atoms with Crippen molar-refractivity contribution in [3.05, 3.63) is 63.1 Å². The molecule has 0 heterocycles. The molecule has 0 radical (unpaired) electrons. The molecule has 0 aliphatic rings. The van der Waals surface area contributed by atoms with Gasteiger partial charge in [0, 0.05) is 15.7 Å². The van der Waals surface area contributed by atoms with E-state index in [1.54, 1.807) is 12.1 Å². The number of aryl methyl sites for hydroxylation is 2. The number of benzene rings is 2. The topological polar surface area (TPSA) is 49.3 Å². The summed E-state index contributed by atoms with van der Waals surface area (Å²) in [5.41, 5.74) is 4.01. The van der Waals surface area contributed by atoms with E-state index < -0.39 is 0 Å². The van der Waals surface area contributed by atoms with Gasteiger partial charge in [0.15, 0.2) is 0 Å². The summed E-state index contributed by atoms with van der Waals surface area (Å²) >= 11 is 3.37. The molecule has 3 nitrogen and oxygen atoms in total. The standard InChI is InChI=1S/C16H16BrNO2/c1-10-4-6-13(17)8-14(10)16(20)18-15-7-12(9-19)5-3-11(15)2/h3-8,19H,9H2,1-2H3,(H,18,20). The van der Waals surface area contributed by atoms with E-state index >= 15 is 0 Å². The second-order valence-electron chi connectivity index (χ2n) is 4.72. The molecule has 0 atom stereocenters. The van der Waals surface area contributed by atoms with Crippen molar-refractivity contribution >= 4 is 27.5 Å². The minimum absolute atomic E-state index is 0.0426. The number of nitrogens with one attached hydrogen (secondary N) is 1. The maximum absolute atomic E-state index is 12.3. The fraction of sp³-hybridized carbons (Fsp3) is 0.188. The van der Waals surface area contributed by atoms with Gasteiger partial charge in [-0.25, -0.2) is 0 Å². The van der Waals surface area contributed by atoms with Crippen molar-refractivity contribution in [3.63, 3.8) is 0 Å². The molecule has 0 bridgehead atoms. The lowest BCUT2D eigenvalue weighted by molar-refractivity contribution is 0.102. The van der Waals surface area contributed by atoms with Crippen LogP contribution in [0.3, 0.4) is 0 Å². The molecule has 2 aromatic carbocycles. The highest BCUT2D eigenvalue weighted by molar-refractivity contribution is 9.10. The first-order valence-electron chi connectivity index (χ1n) is 6.29. The van der Waals surface area contributed by atoms with E-state index in [0.29, 0.717) is 5.56 Å².